The van der Waals surface area contributed by atoms with Crippen LogP contribution in [0.15, 0.2) is 66.3 Å². The number of nitrogens with zero attached hydrogens (tertiary/aromatic N) is 2. The molecule has 0 unspecified atom stereocenters. The van der Waals surface area contributed by atoms with Gasteiger partial charge in [0.15, 0.2) is 4.96 Å². The highest BCUT2D eigenvalue weighted by Gasteiger charge is 2.11. The fourth-order valence-electron chi connectivity index (χ4n) is 2.45. The van der Waals surface area contributed by atoms with Crippen molar-refractivity contribution in [2.45, 2.75) is 0 Å². The van der Waals surface area contributed by atoms with E-state index in [1.165, 1.54) is 6.07 Å². The van der Waals surface area contributed by atoms with Crippen LogP contribution < -0.4 is 5.32 Å². The van der Waals surface area contributed by atoms with Gasteiger partial charge in [-0.05, 0) is 24.3 Å². The number of nitrogens with one attached hydrogen (secondary N) is 1. The van der Waals surface area contributed by atoms with Gasteiger partial charge in [0, 0.05) is 29.0 Å². The molecule has 2 aromatic heterocycles. The van der Waals surface area contributed by atoms with Crippen LogP contribution in [-0.2, 0) is 0 Å². The molecule has 5 nitrogen and oxygen atoms in total. The van der Waals surface area contributed by atoms with Crippen LogP contribution in [0.2, 0.25) is 0 Å². The van der Waals surface area contributed by atoms with Gasteiger partial charge in [0.05, 0.1) is 11.3 Å². The minimum absolute atomic E-state index is 0.0373. The zero-order valence-electron chi connectivity index (χ0n) is 12.5. The second-order valence-corrected chi connectivity index (χ2v) is 6.14. The maximum atomic E-state index is 12.2. The van der Waals surface area contributed by atoms with E-state index in [9.17, 15) is 9.90 Å². The Morgan fingerprint density at radius 2 is 1.92 bits per heavy atom. The molecule has 0 radical (unpaired) electrons. The van der Waals surface area contributed by atoms with E-state index in [1.807, 2.05) is 46.4 Å². The Labute approximate surface area is 141 Å². The molecule has 4 rings (SSSR count). The van der Waals surface area contributed by atoms with Crippen LogP contribution in [0.4, 0.5) is 5.69 Å². The molecule has 0 saturated carbocycles. The minimum atomic E-state index is -0.344. The molecule has 6 heteroatoms. The first-order chi connectivity index (χ1) is 11.7. The summed E-state index contributed by atoms with van der Waals surface area (Å²) in [5.74, 6) is -0.381. The molecule has 118 valence electrons. The molecule has 1 amide bonds. The number of thiazole rings is 1. The monoisotopic (exact) mass is 335 g/mol. The fourth-order valence-corrected chi connectivity index (χ4v) is 3.15. The highest BCUT2D eigenvalue weighted by atomic mass is 32.1. The van der Waals surface area contributed by atoms with Crippen molar-refractivity contribution in [1.29, 1.82) is 0 Å². The van der Waals surface area contributed by atoms with Gasteiger partial charge < -0.3 is 10.4 Å². The fraction of sp³-hybridized carbons (Fsp3) is 0. The summed E-state index contributed by atoms with van der Waals surface area (Å²) in [5, 5.41) is 14.5. The van der Waals surface area contributed by atoms with E-state index in [4.69, 9.17) is 0 Å². The molecule has 2 heterocycles. The Balaban J connectivity index is 1.54. The van der Waals surface area contributed by atoms with Gasteiger partial charge in [-0.2, -0.15) is 0 Å². The number of aromatic hydroxyl groups is 1. The molecule has 0 bridgehead atoms. The summed E-state index contributed by atoms with van der Waals surface area (Å²) in [7, 11) is 0. The van der Waals surface area contributed by atoms with E-state index in [-0.39, 0.29) is 17.2 Å². The molecule has 2 N–H and O–H groups in total. The van der Waals surface area contributed by atoms with Gasteiger partial charge in [-0.1, -0.05) is 24.3 Å². The second-order valence-electron chi connectivity index (χ2n) is 5.27. The molecule has 0 spiro atoms. The van der Waals surface area contributed by atoms with Crippen molar-refractivity contribution in [1.82, 2.24) is 9.38 Å². The lowest BCUT2D eigenvalue weighted by atomic mass is 10.1. The Kier molecular flexibility index (Phi) is 3.51. The molecule has 2 aromatic carbocycles. The predicted molar refractivity (Wildman–Crippen MR) is 94.6 cm³/mol. The predicted octanol–water partition coefficient (Wildman–Crippen LogP) is 4.02. The number of para-hydroxylation sites is 1. The third-order valence-electron chi connectivity index (χ3n) is 3.68. The summed E-state index contributed by atoms with van der Waals surface area (Å²) >= 11 is 1.58. The maximum absolute atomic E-state index is 12.2. The number of phenolic OH excluding ortho intramolecular Hbond substituents is 1. The van der Waals surface area contributed by atoms with Crippen LogP contribution in [0.3, 0.4) is 0 Å². The summed E-state index contributed by atoms with van der Waals surface area (Å²) in [6.45, 7) is 0. The van der Waals surface area contributed by atoms with E-state index in [2.05, 4.69) is 10.3 Å². The van der Waals surface area contributed by atoms with Crippen molar-refractivity contribution in [2.24, 2.45) is 0 Å². The number of hydrogen-bond acceptors (Lipinski definition) is 4. The van der Waals surface area contributed by atoms with Crippen LogP contribution in [0, 0.1) is 0 Å². The lowest BCUT2D eigenvalue weighted by Gasteiger charge is -2.07. The number of benzene rings is 2. The van der Waals surface area contributed by atoms with Gasteiger partial charge in [0.2, 0.25) is 0 Å². The van der Waals surface area contributed by atoms with Crippen molar-refractivity contribution in [2.75, 3.05) is 5.32 Å². The lowest BCUT2D eigenvalue weighted by molar-refractivity contribution is 0.102. The first kappa shape index (κ1) is 14.5. The molecular weight excluding hydrogens is 322 g/mol. The van der Waals surface area contributed by atoms with Gasteiger partial charge in [0.25, 0.3) is 5.91 Å². The summed E-state index contributed by atoms with van der Waals surface area (Å²) in [6.07, 6.45) is 3.94. The summed E-state index contributed by atoms with van der Waals surface area (Å²) in [5.41, 5.74) is 2.77. The zero-order valence-corrected chi connectivity index (χ0v) is 13.3. The third kappa shape index (κ3) is 2.63. The number of rotatable bonds is 3. The number of carbonyl (C=O) groups is 1. The molecule has 0 aliphatic heterocycles. The van der Waals surface area contributed by atoms with Crippen molar-refractivity contribution in [3.05, 3.63) is 71.9 Å². The normalized spacial score (nSPS) is 10.8. The number of aromatic nitrogens is 2. The number of fused-ring (bicyclic) bond motifs is 1. The molecule has 0 saturated heterocycles. The largest absolute Gasteiger partial charge is 0.507 e. The van der Waals surface area contributed by atoms with Crippen molar-refractivity contribution in [3.63, 3.8) is 0 Å². The molecular formula is C18H13N3O2S. The number of carbonyl (C=O) groups excluding carboxylic acids is 1. The Morgan fingerprint density at radius 3 is 2.67 bits per heavy atom. The van der Waals surface area contributed by atoms with E-state index >= 15 is 0 Å². The first-order valence-electron chi connectivity index (χ1n) is 7.33. The van der Waals surface area contributed by atoms with Crippen LogP contribution in [0.1, 0.15) is 10.4 Å². The van der Waals surface area contributed by atoms with Gasteiger partial charge in [-0.3, -0.25) is 9.20 Å². The van der Waals surface area contributed by atoms with Crippen molar-refractivity contribution in [3.8, 4) is 17.0 Å². The van der Waals surface area contributed by atoms with E-state index in [0.717, 1.165) is 16.2 Å². The van der Waals surface area contributed by atoms with Crippen LogP contribution in [0.25, 0.3) is 16.2 Å². The maximum Gasteiger partial charge on any atom is 0.259 e. The molecule has 4 aromatic rings. The summed E-state index contributed by atoms with van der Waals surface area (Å²) in [6, 6.07) is 13.9. The zero-order chi connectivity index (χ0) is 16.5. The number of phenols is 1. The third-order valence-corrected chi connectivity index (χ3v) is 4.45. The van der Waals surface area contributed by atoms with Crippen LogP contribution >= 0.6 is 11.3 Å². The molecule has 0 aliphatic rings. The van der Waals surface area contributed by atoms with E-state index < -0.39 is 0 Å². The number of hydrogen-bond donors (Lipinski definition) is 2. The second kappa shape index (κ2) is 5.82. The topological polar surface area (TPSA) is 66.6 Å². The average molecular weight is 335 g/mol. The Hall–Kier alpha value is -3.12. The molecule has 0 atom stereocenters. The molecule has 0 aliphatic carbocycles. The number of imidazole rings is 1. The summed E-state index contributed by atoms with van der Waals surface area (Å²) in [4.78, 5) is 17.7. The highest BCUT2D eigenvalue weighted by molar-refractivity contribution is 7.15. The van der Waals surface area contributed by atoms with Gasteiger partial charge in [-0.15, -0.1) is 11.3 Å². The van der Waals surface area contributed by atoms with Gasteiger partial charge >= 0.3 is 0 Å². The molecule has 24 heavy (non-hydrogen) atoms. The Bertz CT molecular complexity index is 990. The minimum Gasteiger partial charge on any atom is -0.507 e. The number of amides is 1. The number of anilines is 1. The highest BCUT2D eigenvalue weighted by Crippen LogP contribution is 2.24. The van der Waals surface area contributed by atoms with E-state index in [0.29, 0.717) is 5.69 Å². The summed E-state index contributed by atoms with van der Waals surface area (Å²) < 4.78 is 1.98. The standard InChI is InChI=1S/C18H13N3O2S/c22-16-4-2-1-3-14(16)17(23)19-13-7-5-12(6-8-13)15-11-21-9-10-24-18(21)20-15/h1-11,22H,(H,19,23). The SMILES string of the molecule is O=C(Nc1ccc(-c2cn3ccsc3n2)cc1)c1ccccc1O. The van der Waals surface area contributed by atoms with Gasteiger partial charge in [0.1, 0.15) is 5.75 Å². The Morgan fingerprint density at radius 1 is 1.12 bits per heavy atom. The van der Waals surface area contributed by atoms with Crippen LogP contribution in [-0.4, -0.2) is 20.4 Å². The first-order valence-corrected chi connectivity index (χ1v) is 8.21. The van der Waals surface area contributed by atoms with Crippen LogP contribution in [0.5, 0.6) is 5.75 Å². The van der Waals surface area contributed by atoms with Crippen molar-refractivity contribution >= 4 is 27.9 Å². The molecule has 0 fully saturated rings. The lowest BCUT2D eigenvalue weighted by Crippen LogP contribution is -2.11. The van der Waals surface area contributed by atoms with Crippen molar-refractivity contribution < 1.29 is 9.90 Å². The average Bonchev–Trinajstić information content (AvgIpc) is 3.17. The smallest absolute Gasteiger partial charge is 0.259 e. The van der Waals surface area contributed by atoms with E-state index in [1.54, 1.807) is 29.5 Å². The van der Waals surface area contributed by atoms with Gasteiger partial charge in [-0.25, -0.2) is 4.98 Å². The quantitative estimate of drug-likeness (QED) is 0.594.